The average molecular weight is 242 g/mol. The second-order valence-corrected chi connectivity index (χ2v) is 6.95. The summed E-state index contributed by atoms with van der Waals surface area (Å²) < 4.78 is 0.620. The van der Waals surface area contributed by atoms with Gasteiger partial charge in [-0.2, -0.15) is 11.8 Å². The van der Waals surface area contributed by atoms with Crippen LogP contribution in [0.4, 0.5) is 0 Å². The normalized spacial score (nSPS) is 26.2. The Kier molecular flexibility index (Phi) is 4.20. The highest BCUT2D eigenvalue weighted by Gasteiger charge is 2.41. The molecule has 0 radical (unpaired) electrons. The van der Waals surface area contributed by atoms with Gasteiger partial charge in [-0.25, -0.2) is 0 Å². The molecule has 16 heavy (non-hydrogen) atoms. The highest BCUT2D eigenvalue weighted by atomic mass is 32.2. The summed E-state index contributed by atoms with van der Waals surface area (Å²) in [6.45, 7) is 8.41. The molecule has 1 N–H and O–H groups in total. The Morgan fingerprint density at radius 3 is 2.38 bits per heavy atom. The van der Waals surface area contributed by atoms with Crippen LogP contribution in [0.15, 0.2) is 0 Å². The lowest BCUT2D eigenvalue weighted by molar-refractivity contribution is 0.161. The van der Waals surface area contributed by atoms with Crippen molar-refractivity contribution in [2.45, 2.75) is 56.4 Å². The highest BCUT2D eigenvalue weighted by molar-refractivity contribution is 8.00. The van der Waals surface area contributed by atoms with Crippen molar-refractivity contribution in [1.29, 1.82) is 0 Å². The maximum atomic E-state index is 3.79. The number of thioether (sulfide) groups is 1. The third kappa shape index (κ3) is 3.14. The second-order valence-electron chi connectivity index (χ2n) is 5.67. The molecule has 3 heteroatoms. The minimum Gasteiger partial charge on any atom is -0.313 e. The van der Waals surface area contributed by atoms with Crippen molar-refractivity contribution in [2.24, 2.45) is 0 Å². The largest absolute Gasteiger partial charge is 0.313 e. The molecule has 0 aromatic rings. The van der Waals surface area contributed by atoms with Gasteiger partial charge in [-0.1, -0.05) is 0 Å². The predicted molar refractivity (Wildman–Crippen MR) is 73.2 cm³/mol. The third-order valence-corrected chi connectivity index (χ3v) is 5.63. The standard InChI is InChI=1S/C13H26N2S/c1-11(2)15-8-4-12(5-9-15)14-10-13(16-3)6-7-13/h11-12,14H,4-10H2,1-3H3. The van der Waals surface area contributed by atoms with Crippen LogP contribution in [0.3, 0.4) is 0 Å². The maximum absolute atomic E-state index is 3.79. The van der Waals surface area contributed by atoms with Crippen molar-refractivity contribution in [3.8, 4) is 0 Å². The van der Waals surface area contributed by atoms with Crippen molar-refractivity contribution < 1.29 is 0 Å². The van der Waals surface area contributed by atoms with Crippen molar-refractivity contribution in [1.82, 2.24) is 10.2 Å². The van der Waals surface area contributed by atoms with E-state index in [1.165, 1.54) is 45.3 Å². The SMILES string of the molecule is CSC1(CNC2CCN(C(C)C)CC2)CC1. The quantitative estimate of drug-likeness (QED) is 0.797. The van der Waals surface area contributed by atoms with Crippen molar-refractivity contribution >= 4 is 11.8 Å². The number of hydrogen-bond acceptors (Lipinski definition) is 3. The van der Waals surface area contributed by atoms with Crippen LogP contribution in [-0.2, 0) is 0 Å². The van der Waals surface area contributed by atoms with Gasteiger partial charge in [0.2, 0.25) is 0 Å². The van der Waals surface area contributed by atoms with Gasteiger partial charge in [-0.15, -0.1) is 0 Å². The highest BCUT2D eigenvalue weighted by Crippen LogP contribution is 2.46. The summed E-state index contributed by atoms with van der Waals surface area (Å²) in [7, 11) is 0. The minimum absolute atomic E-state index is 0.620. The second kappa shape index (κ2) is 5.28. The van der Waals surface area contributed by atoms with E-state index in [2.05, 4.69) is 42.1 Å². The Hall–Kier alpha value is 0.270. The monoisotopic (exact) mass is 242 g/mol. The van der Waals surface area contributed by atoms with Gasteiger partial charge in [0.25, 0.3) is 0 Å². The zero-order valence-electron chi connectivity index (χ0n) is 11.0. The molecule has 1 heterocycles. The van der Waals surface area contributed by atoms with E-state index in [-0.39, 0.29) is 0 Å². The van der Waals surface area contributed by atoms with Crippen LogP contribution in [-0.4, -0.2) is 47.6 Å². The van der Waals surface area contributed by atoms with Gasteiger partial charge in [0.05, 0.1) is 0 Å². The fraction of sp³-hybridized carbons (Fsp3) is 1.00. The number of rotatable bonds is 5. The van der Waals surface area contributed by atoms with Gasteiger partial charge in [0, 0.05) is 23.4 Å². The summed E-state index contributed by atoms with van der Waals surface area (Å²) in [5.41, 5.74) is 0. The first-order valence-electron chi connectivity index (χ1n) is 6.68. The molecule has 0 spiro atoms. The molecule has 0 unspecified atom stereocenters. The molecule has 1 aliphatic heterocycles. The van der Waals surface area contributed by atoms with Gasteiger partial charge in [-0.3, -0.25) is 0 Å². The summed E-state index contributed by atoms with van der Waals surface area (Å²) in [6.07, 6.45) is 7.78. The summed E-state index contributed by atoms with van der Waals surface area (Å²) in [5, 5.41) is 3.79. The predicted octanol–water partition coefficient (Wildman–Crippen LogP) is 2.34. The van der Waals surface area contributed by atoms with E-state index in [9.17, 15) is 0 Å². The van der Waals surface area contributed by atoms with Gasteiger partial charge >= 0.3 is 0 Å². The van der Waals surface area contributed by atoms with Crippen LogP contribution in [0.5, 0.6) is 0 Å². The average Bonchev–Trinajstić information content (AvgIpc) is 3.08. The minimum atomic E-state index is 0.620. The topological polar surface area (TPSA) is 15.3 Å². The van der Waals surface area contributed by atoms with Crippen molar-refractivity contribution in [2.75, 3.05) is 25.9 Å². The van der Waals surface area contributed by atoms with E-state index in [1.807, 2.05) is 0 Å². The number of likely N-dealkylation sites (tertiary alicyclic amines) is 1. The zero-order chi connectivity index (χ0) is 11.6. The zero-order valence-corrected chi connectivity index (χ0v) is 11.8. The van der Waals surface area contributed by atoms with Crippen LogP contribution in [0.2, 0.25) is 0 Å². The number of nitrogens with zero attached hydrogens (tertiary/aromatic N) is 1. The van der Waals surface area contributed by atoms with Crippen LogP contribution in [0, 0.1) is 0 Å². The fourth-order valence-corrected chi connectivity index (χ4v) is 3.28. The molecule has 1 saturated carbocycles. The molecule has 0 bridgehead atoms. The molecule has 2 nitrogen and oxygen atoms in total. The summed E-state index contributed by atoms with van der Waals surface area (Å²) in [6, 6.07) is 1.50. The number of nitrogens with one attached hydrogen (secondary N) is 1. The summed E-state index contributed by atoms with van der Waals surface area (Å²) in [4.78, 5) is 2.60. The molecule has 94 valence electrons. The Balaban J connectivity index is 1.66. The molecule has 1 aliphatic carbocycles. The van der Waals surface area contributed by atoms with E-state index < -0.39 is 0 Å². The first-order valence-corrected chi connectivity index (χ1v) is 7.90. The van der Waals surface area contributed by atoms with Crippen LogP contribution in [0.25, 0.3) is 0 Å². The van der Waals surface area contributed by atoms with E-state index in [0.29, 0.717) is 4.75 Å². The molecular weight excluding hydrogens is 216 g/mol. The van der Waals surface area contributed by atoms with Gasteiger partial charge in [0.1, 0.15) is 0 Å². The van der Waals surface area contributed by atoms with E-state index in [0.717, 1.165) is 12.1 Å². The number of piperidine rings is 1. The van der Waals surface area contributed by atoms with E-state index >= 15 is 0 Å². The van der Waals surface area contributed by atoms with Crippen LogP contribution >= 0.6 is 11.8 Å². The summed E-state index contributed by atoms with van der Waals surface area (Å²) in [5.74, 6) is 0. The lowest BCUT2D eigenvalue weighted by Gasteiger charge is -2.35. The Morgan fingerprint density at radius 2 is 1.94 bits per heavy atom. The smallest absolute Gasteiger partial charge is 0.0282 e. The van der Waals surface area contributed by atoms with Gasteiger partial charge in [-0.05, 0) is 58.9 Å². The maximum Gasteiger partial charge on any atom is 0.0282 e. The molecule has 0 aromatic carbocycles. The lowest BCUT2D eigenvalue weighted by atomic mass is 10.0. The van der Waals surface area contributed by atoms with Gasteiger partial charge < -0.3 is 10.2 Å². The Bertz CT molecular complexity index is 218. The van der Waals surface area contributed by atoms with E-state index in [4.69, 9.17) is 0 Å². The van der Waals surface area contributed by atoms with Crippen LogP contribution < -0.4 is 5.32 Å². The first kappa shape index (κ1) is 12.7. The molecular formula is C13H26N2S. The summed E-state index contributed by atoms with van der Waals surface area (Å²) >= 11 is 2.06. The third-order valence-electron chi connectivity index (χ3n) is 4.21. The first-order chi connectivity index (χ1) is 7.65. The Labute approximate surface area is 105 Å². The molecule has 0 atom stereocenters. The molecule has 1 saturated heterocycles. The Morgan fingerprint density at radius 1 is 1.31 bits per heavy atom. The van der Waals surface area contributed by atoms with Crippen LogP contribution in [0.1, 0.15) is 39.5 Å². The lowest BCUT2D eigenvalue weighted by Crippen LogP contribution is -2.46. The molecule has 2 aliphatic rings. The van der Waals surface area contributed by atoms with Crippen molar-refractivity contribution in [3.63, 3.8) is 0 Å². The molecule has 0 amide bonds. The van der Waals surface area contributed by atoms with Gasteiger partial charge in [0.15, 0.2) is 0 Å². The molecule has 0 aromatic heterocycles. The molecule has 2 fully saturated rings. The number of hydrogen-bond donors (Lipinski definition) is 1. The fourth-order valence-electron chi connectivity index (χ4n) is 2.54. The molecule has 2 rings (SSSR count). The van der Waals surface area contributed by atoms with Crippen molar-refractivity contribution in [3.05, 3.63) is 0 Å². The van der Waals surface area contributed by atoms with E-state index in [1.54, 1.807) is 0 Å².